The van der Waals surface area contributed by atoms with Crippen LogP contribution in [0.15, 0.2) is 158 Å². The summed E-state index contributed by atoms with van der Waals surface area (Å²) in [5.74, 6) is -0.227. The van der Waals surface area contributed by atoms with Crippen LogP contribution in [0.5, 0.6) is 0 Å². The molecule has 0 aromatic heterocycles. The van der Waals surface area contributed by atoms with Crippen LogP contribution in [0.25, 0.3) is 0 Å². The number of unbranched alkanes of at least 4 members (excludes halogenated alkanes) is 19. The summed E-state index contributed by atoms with van der Waals surface area (Å²) < 4.78 is 23.3. The monoisotopic (exact) mass is 1130 g/mol. The van der Waals surface area contributed by atoms with Crippen LogP contribution in [0.1, 0.15) is 232 Å². The van der Waals surface area contributed by atoms with Gasteiger partial charge in [-0.1, -0.05) is 275 Å². The molecule has 0 saturated carbocycles. The summed E-state index contributed by atoms with van der Waals surface area (Å²) in [6.45, 7) is 4.50. The average Bonchev–Trinajstić information content (AvgIpc) is 3.42. The quantitative estimate of drug-likeness (QED) is 0.0272. The molecule has 9 heteroatoms. The summed E-state index contributed by atoms with van der Waals surface area (Å²) >= 11 is 0. The number of carbonyl (C=O) groups excluding carboxylic acids is 1. The molecule has 0 heterocycles. The summed E-state index contributed by atoms with van der Waals surface area (Å²) in [6.07, 6.45) is 93.3. The molecule has 8 nitrogen and oxygen atoms in total. The molecule has 0 aliphatic rings. The maximum absolute atomic E-state index is 13.0. The van der Waals surface area contributed by atoms with Gasteiger partial charge in [0, 0.05) is 6.42 Å². The van der Waals surface area contributed by atoms with Gasteiger partial charge >= 0.3 is 0 Å². The number of allylic oxidation sites excluding steroid dienone is 25. The number of rotatable bonds is 56. The minimum atomic E-state index is -4.62. The number of aliphatic hydroxyl groups excluding tert-OH is 1. The largest absolute Gasteiger partial charge is 0.756 e. The smallest absolute Gasteiger partial charge is 0.268 e. The number of phosphoric acid groups is 1. The molecule has 454 valence electrons. The highest BCUT2D eigenvalue weighted by Gasteiger charge is 2.23. The Labute approximate surface area is 492 Å². The van der Waals surface area contributed by atoms with Crippen molar-refractivity contribution in [2.75, 3.05) is 40.9 Å². The van der Waals surface area contributed by atoms with Crippen LogP contribution in [-0.4, -0.2) is 68.5 Å². The Morgan fingerprint density at radius 3 is 1.11 bits per heavy atom. The van der Waals surface area contributed by atoms with Crippen molar-refractivity contribution in [3.05, 3.63) is 158 Å². The normalized spacial score (nSPS) is 14.8. The standard InChI is InChI=1S/C71H119N2O6P/c1-6-8-10-12-14-16-18-20-22-24-25-26-27-28-29-30-31-32-33-34-35-36-37-38-39-40-41-42-43-44-45-46-47-49-51-53-55-57-59-61-63-65-71(75)72-69(68-79-80(76,77)78-67-66-73(3,4)5)70(74)64-62-60-58-56-54-52-50-48-23-21-19-17-15-13-11-9-7-2/h8,10,14,16,20,22,25-26,28-29,31-32,34-35,37-38,40-41,43-44,46-47,51,53,62,64,69-70,74H,6-7,9,11-13,15,17-19,21,23-24,27,30,33,36,39,42,45,48-50,52,54-61,63,65-68H2,1-5H3,(H-,72,75,76,77)/b10-8-,16-14-,22-20-,26-25-,29-28-,32-31-,35-34-,38-37-,41-40-,44-43-,47-46-,53-51-,64-62+. The predicted octanol–water partition coefficient (Wildman–Crippen LogP) is 19.6. The highest BCUT2D eigenvalue weighted by atomic mass is 31.2. The van der Waals surface area contributed by atoms with Crippen LogP contribution in [0.3, 0.4) is 0 Å². The number of carbonyl (C=O) groups is 1. The maximum Gasteiger partial charge on any atom is 0.268 e. The third-order valence-corrected chi connectivity index (χ3v) is 14.2. The molecule has 0 aliphatic heterocycles. The fourth-order valence-corrected chi connectivity index (χ4v) is 9.03. The first-order chi connectivity index (χ1) is 39.0. The molecule has 3 unspecified atom stereocenters. The molecule has 3 atom stereocenters. The second kappa shape index (κ2) is 59.7. The van der Waals surface area contributed by atoms with E-state index < -0.39 is 26.6 Å². The third-order valence-electron chi connectivity index (χ3n) is 13.2. The second-order valence-corrected chi connectivity index (χ2v) is 23.4. The number of phosphoric ester groups is 1. The average molecular weight is 1130 g/mol. The lowest BCUT2D eigenvalue weighted by Gasteiger charge is -2.29. The number of nitrogens with zero attached hydrogens (tertiary/aromatic N) is 1. The molecule has 0 radical (unpaired) electrons. The number of hydrogen-bond donors (Lipinski definition) is 2. The van der Waals surface area contributed by atoms with E-state index in [0.717, 1.165) is 128 Å². The molecular weight excluding hydrogens is 1010 g/mol. The zero-order valence-electron chi connectivity index (χ0n) is 51.7. The molecule has 0 aliphatic carbocycles. The highest BCUT2D eigenvalue weighted by Crippen LogP contribution is 2.38. The van der Waals surface area contributed by atoms with E-state index in [1.807, 2.05) is 27.2 Å². The maximum atomic E-state index is 13.0. The lowest BCUT2D eigenvalue weighted by molar-refractivity contribution is -0.870. The van der Waals surface area contributed by atoms with Gasteiger partial charge in [0.2, 0.25) is 5.91 Å². The summed E-state index contributed by atoms with van der Waals surface area (Å²) in [4.78, 5) is 25.5. The summed E-state index contributed by atoms with van der Waals surface area (Å²) in [7, 11) is 1.22. The van der Waals surface area contributed by atoms with Crippen molar-refractivity contribution in [2.45, 2.75) is 244 Å². The van der Waals surface area contributed by atoms with Crippen LogP contribution in [-0.2, 0) is 18.4 Å². The third kappa shape index (κ3) is 61.7. The number of amides is 1. The van der Waals surface area contributed by atoms with E-state index in [1.165, 1.54) is 83.5 Å². The molecular formula is C71H119N2O6P. The van der Waals surface area contributed by atoms with Crippen LogP contribution < -0.4 is 10.2 Å². The first kappa shape index (κ1) is 76.1. The van der Waals surface area contributed by atoms with Crippen molar-refractivity contribution >= 4 is 13.7 Å². The van der Waals surface area contributed by atoms with Gasteiger partial charge in [-0.25, -0.2) is 0 Å². The number of quaternary nitrogens is 1. The van der Waals surface area contributed by atoms with Gasteiger partial charge in [0.25, 0.3) is 7.82 Å². The Morgan fingerprint density at radius 2 is 0.762 bits per heavy atom. The number of hydrogen-bond acceptors (Lipinski definition) is 6. The number of aliphatic hydroxyl groups is 1. The van der Waals surface area contributed by atoms with E-state index in [1.54, 1.807) is 6.08 Å². The number of nitrogens with one attached hydrogen (secondary N) is 1. The Kier molecular flexibility index (Phi) is 56.8. The van der Waals surface area contributed by atoms with Crippen molar-refractivity contribution in [3.8, 4) is 0 Å². The van der Waals surface area contributed by atoms with Gasteiger partial charge in [-0.3, -0.25) is 9.36 Å². The Morgan fingerprint density at radius 1 is 0.450 bits per heavy atom. The van der Waals surface area contributed by atoms with Gasteiger partial charge in [-0.15, -0.1) is 0 Å². The van der Waals surface area contributed by atoms with E-state index in [-0.39, 0.29) is 12.5 Å². The van der Waals surface area contributed by atoms with E-state index in [9.17, 15) is 19.4 Å². The van der Waals surface area contributed by atoms with Crippen LogP contribution in [0.2, 0.25) is 0 Å². The van der Waals surface area contributed by atoms with E-state index in [2.05, 4.69) is 165 Å². The molecule has 1 amide bonds. The molecule has 0 spiro atoms. The number of likely N-dealkylation sites (N-methyl/N-ethyl adjacent to an activating group) is 1. The van der Waals surface area contributed by atoms with Gasteiger partial charge < -0.3 is 28.8 Å². The van der Waals surface area contributed by atoms with E-state index >= 15 is 0 Å². The molecule has 0 aromatic rings. The molecule has 0 saturated heterocycles. The summed E-state index contributed by atoms with van der Waals surface area (Å²) in [5.41, 5.74) is 0. The highest BCUT2D eigenvalue weighted by molar-refractivity contribution is 7.45. The Bertz CT molecular complexity index is 1860. The van der Waals surface area contributed by atoms with Crippen molar-refractivity contribution in [1.82, 2.24) is 5.32 Å². The van der Waals surface area contributed by atoms with Gasteiger partial charge in [-0.2, -0.15) is 0 Å². The lowest BCUT2D eigenvalue weighted by Crippen LogP contribution is -2.45. The second-order valence-electron chi connectivity index (χ2n) is 22.0. The van der Waals surface area contributed by atoms with Gasteiger partial charge in [0.15, 0.2) is 0 Å². The first-order valence-corrected chi connectivity index (χ1v) is 33.3. The van der Waals surface area contributed by atoms with Crippen molar-refractivity contribution in [2.24, 2.45) is 0 Å². The van der Waals surface area contributed by atoms with E-state index in [4.69, 9.17) is 9.05 Å². The van der Waals surface area contributed by atoms with Crippen LogP contribution in [0, 0.1) is 0 Å². The molecule has 0 fully saturated rings. The lowest BCUT2D eigenvalue weighted by atomic mass is 10.0. The predicted molar refractivity (Wildman–Crippen MR) is 347 cm³/mol. The van der Waals surface area contributed by atoms with Crippen molar-refractivity contribution < 1.29 is 32.9 Å². The first-order valence-electron chi connectivity index (χ1n) is 31.8. The van der Waals surface area contributed by atoms with Crippen molar-refractivity contribution in [3.63, 3.8) is 0 Å². The molecule has 0 bridgehead atoms. The SMILES string of the molecule is CC/C=C\C/C=C\C/C=C\C/C=C\C/C=C\C/C=C\C/C=C\C/C=C\C/C=C\C/C=C\C/C=C\C/C=C\CCCCCCC(=O)NC(COP(=O)([O-])OCC[N+](C)(C)C)C(O)/C=C/CCCCCCCCCCCCCCCCC. The topological polar surface area (TPSA) is 108 Å². The fraction of sp³-hybridized carbons (Fsp3) is 0.620. The van der Waals surface area contributed by atoms with Gasteiger partial charge in [0.1, 0.15) is 13.2 Å². The molecule has 2 N–H and O–H groups in total. The Balaban J connectivity index is 4.22. The van der Waals surface area contributed by atoms with E-state index in [0.29, 0.717) is 17.4 Å². The van der Waals surface area contributed by atoms with Crippen LogP contribution >= 0.6 is 7.82 Å². The molecule has 0 rings (SSSR count). The zero-order valence-corrected chi connectivity index (χ0v) is 52.6. The molecule has 80 heavy (non-hydrogen) atoms. The minimum absolute atomic E-state index is 0.0143. The van der Waals surface area contributed by atoms with Crippen molar-refractivity contribution in [1.29, 1.82) is 0 Å². The summed E-state index contributed by atoms with van der Waals surface area (Å²) in [5, 5.41) is 13.9. The van der Waals surface area contributed by atoms with Crippen LogP contribution in [0.4, 0.5) is 0 Å². The molecule has 0 aromatic carbocycles. The van der Waals surface area contributed by atoms with Gasteiger partial charge in [-0.05, 0) is 109 Å². The minimum Gasteiger partial charge on any atom is -0.756 e. The summed E-state index contributed by atoms with van der Waals surface area (Å²) in [6, 6.07) is -0.912. The van der Waals surface area contributed by atoms with Gasteiger partial charge in [0.05, 0.1) is 39.9 Å². The Hall–Kier alpha value is -3.88. The zero-order chi connectivity index (χ0) is 58.4. The fourth-order valence-electron chi connectivity index (χ4n) is 8.31.